The number of benzene rings is 1. The standard InChI is InChI=1S/C14H18N2O/c1-9-6-10(2)13(11(3)7-9)8-15-16-14(17)12-4-5-12/h6-8,12H,4-5H2,1-3H3,(H,16,17)/b15-8+. The van der Waals surface area contributed by atoms with E-state index >= 15 is 0 Å². The largest absolute Gasteiger partial charge is 0.273 e. The molecule has 1 aromatic rings. The van der Waals surface area contributed by atoms with Gasteiger partial charge in [0.05, 0.1) is 6.21 Å². The third-order valence-electron chi connectivity index (χ3n) is 3.05. The van der Waals surface area contributed by atoms with Gasteiger partial charge in [0.2, 0.25) is 5.91 Å². The predicted octanol–water partition coefficient (Wildman–Crippen LogP) is 2.47. The monoisotopic (exact) mass is 230 g/mol. The van der Waals surface area contributed by atoms with Gasteiger partial charge in [0, 0.05) is 11.5 Å². The van der Waals surface area contributed by atoms with Crippen LogP contribution in [-0.2, 0) is 4.79 Å². The molecule has 1 fully saturated rings. The molecular weight excluding hydrogens is 212 g/mol. The van der Waals surface area contributed by atoms with Gasteiger partial charge in [0.15, 0.2) is 0 Å². The van der Waals surface area contributed by atoms with E-state index in [9.17, 15) is 4.79 Å². The maximum atomic E-state index is 11.4. The Morgan fingerprint density at radius 2 is 1.88 bits per heavy atom. The third kappa shape index (κ3) is 2.93. The summed E-state index contributed by atoms with van der Waals surface area (Å²) in [7, 11) is 0. The molecule has 2 rings (SSSR count). The smallest absolute Gasteiger partial charge is 0.243 e. The zero-order valence-electron chi connectivity index (χ0n) is 10.6. The number of aryl methyl sites for hydroxylation is 3. The Labute approximate surface area is 102 Å². The molecule has 3 nitrogen and oxygen atoms in total. The van der Waals surface area contributed by atoms with Crippen molar-refractivity contribution in [1.29, 1.82) is 0 Å². The molecule has 0 saturated heterocycles. The van der Waals surface area contributed by atoms with E-state index in [0.29, 0.717) is 0 Å². The number of hydrogen-bond acceptors (Lipinski definition) is 2. The highest BCUT2D eigenvalue weighted by Crippen LogP contribution is 2.28. The predicted molar refractivity (Wildman–Crippen MR) is 69.1 cm³/mol. The van der Waals surface area contributed by atoms with Gasteiger partial charge in [-0.15, -0.1) is 0 Å². The number of carbonyl (C=O) groups is 1. The van der Waals surface area contributed by atoms with Gasteiger partial charge in [-0.1, -0.05) is 17.7 Å². The molecule has 0 unspecified atom stereocenters. The number of amides is 1. The van der Waals surface area contributed by atoms with Crippen molar-refractivity contribution in [1.82, 2.24) is 5.43 Å². The van der Waals surface area contributed by atoms with Crippen LogP contribution in [0.1, 0.15) is 35.1 Å². The van der Waals surface area contributed by atoms with E-state index in [1.807, 2.05) is 0 Å². The Hall–Kier alpha value is -1.64. The van der Waals surface area contributed by atoms with Crippen LogP contribution in [0.5, 0.6) is 0 Å². The number of nitrogens with one attached hydrogen (secondary N) is 1. The minimum Gasteiger partial charge on any atom is -0.273 e. The van der Waals surface area contributed by atoms with Crippen LogP contribution in [0.25, 0.3) is 0 Å². The first kappa shape index (κ1) is 11.8. The maximum Gasteiger partial charge on any atom is 0.243 e. The minimum atomic E-state index is 0.0451. The van der Waals surface area contributed by atoms with Crippen LogP contribution in [0.3, 0.4) is 0 Å². The first-order valence-electron chi connectivity index (χ1n) is 5.98. The Balaban J connectivity index is 2.07. The Kier molecular flexibility index (Phi) is 3.27. The summed E-state index contributed by atoms with van der Waals surface area (Å²) >= 11 is 0. The zero-order valence-corrected chi connectivity index (χ0v) is 10.6. The van der Waals surface area contributed by atoms with Crippen LogP contribution in [-0.4, -0.2) is 12.1 Å². The Bertz CT molecular complexity index is 450. The second-order valence-electron chi connectivity index (χ2n) is 4.82. The van der Waals surface area contributed by atoms with E-state index in [4.69, 9.17) is 0 Å². The number of hydrazone groups is 1. The number of hydrogen-bond donors (Lipinski definition) is 1. The van der Waals surface area contributed by atoms with Gasteiger partial charge in [-0.3, -0.25) is 4.79 Å². The SMILES string of the molecule is Cc1cc(C)c(/C=N/NC(=O)C2CC2)c(C)c1. The third-order valence-corrected chi connectivity index (χ3v) is 3.05. The van der Waals surface area contributed by atoms with Crippen LogP contribution in [0, 0.1) is 26.7 Å². The normalized spacial score (nSPS) is 15.2. The summed E-state index contributed by atoms with van der Waals surface area (Å²) in [6, 6.07) is 4.24. The Morgan fingerprint density at radius 3 is 2.41 bits per heavy atom. The molecule has 0 radical (unpaired) electrons. The van der Waals surface area contributed by atoms with E-state index < -0.39 is 0 Å². The zero-order chi connectivity index (χ0) is 12.4. The molecule has 3 heteroatoms. The summed E-state index contributed by atoms with van der Waals surface area (Å²) in [4.78, 5) is 11.4. The van der Waals surface area contributed by atoms with Gasteiger partial charge in [0.1, 0.15) is 0 Å². The number of carbonyl (C=O) groups excluding carboxylic acids is 1. The highest BCUT2D eigenvalue weighted by atomic mass is 16.2. The quantitative estimate of drug-likeness (QED) is 0.629. The minimum absolute atomic E-state index is 0.0451. The Morgan fingerprint density at radius 1 is 1.29 bits per heavy atom. The van der Waals surface area contributed by atoms with Crippen LogP contribution in [0.2, 0.25) is 0 Å². The van der Waals surface area contributed by atoms with Crippen molar-refractivity contribution in [2.75, 3.05) is 0 Å². The molecule has 0 aliphatic heterocycles. The van der Waals surface area contributed by atoms with E-state index in [1.54, 1.807) is 6.21 Å². The van der Waals surface area contributed by atoms with Crippen molar-refractivity contribution in [2.45, 2.75) is 33.6 Å². The summed E-state index contributed by atoms with van der Waals surface area (Å²) < 4.78 is 0. The molecule has 1 amide bonds. The molecule has 1 aromatic carbocycles. The number of rotatable bonds is 3. The molecule has 0 spiro atoms. The lowest BCUT2D eigenvalue weighted by molar-refractivity contribution is -0.122. The molecule has 1 aliphatic rings. The first-order chi connectivity index (χ1) is 8.08. The molecule has 1 saturated carbocycles. The highest BCUT2D eigenvalue weighted by molar-refractivity contribution is 5.86. The van der Waals surface area contributed by atoms with E-state index in [1.165, 1.54) is 16.7 Å². The van der Waals surface area contributed by atoms with E-state index in [-0.39, 0.29) is 11.8 Å². The van der Waals surface area contributed by atoms with Gasteiger partial charge in [-0.2, -0.15) is 5.10 Å². The molecule has 0 aromatic heterocycles. The molecule has 0 heterocycles. The van der Waals surface area contributed by atoms with Gasteiger partial charge in [-0.25, -0.2) is 5.43 Å². The summed E-state index contributed by atoms with van der Waals surface area (Å²) in [5.41, 5.74) is 7.31. The summed E-state index contributed by atoms with van der Waals surface area (Å²) in [5.74, 6) is 0.246. The average Bonchev–Trinajstić information content (AvgIpc) is 3.04. The fourth-order valence-electron chi connectivity index (χ4n) is 1.99. The van der Waals surface area contributed by atoms with Crippen molar-refractivity contribution in [3.05, 3.63) is 34.4 Å². The fourth-order valence-corrected chi connectivity index (χ4v) is 1.99. The van der Waals surface area contributed by atoms with Gasteiger partial charge >= 0.3 is 0 Å². The van der Waals surface area contributed by atoms with Crippen molar-refractivity contribution >= 4 is 12.1 Å². The molecule has 17 heavy (non-hydrogen) atoms. The summed E-state index contributed by atoms with van der Waals surface area (Å²) in [6.45, 7) is 6.20. The lowest BCUT2D eigenvalue weighted by Gasteiger charge is -2.06. The number of nitrogens with zero attached hydrogens (tertiary/aromatic N) is 1. The second-order valence-corrected chi connectivity index (χ2v) is 4.82. The molecule has 1 N–H and O–H groups in total. The van der Waals surface area contributed by atoms with Gasteiger partial charge < -0.3 is 0 Å². The first-order valence-corrected chi connectivity index (χ1v) is 5.98. The molecule has 0 bridgehead atoms. The molecular formula is C14H18N2O. The molecule has 90 valence electrons. The van der Waals surface area contributed by atoms with Crippen LogP contribution in [0.15, 0.2) is 17.2 Å². The lowest BCUT2D eigenvalue weighted by atomic mass is 10.0. The van der Waals surface area contributed by atoms with Crippen molar-refractivity contribution in [3.63, 3.8) is 0 Å². The molecule has 0 atom stereocenters. The van der Waals surface area contributed by atoms with Gasteiger partial charge in [-0.05, 0) is 44.7 Å². The lowest BCUT2D eigenvalue weighted by Crippen LogP contribution is -2.19. The van der Waals surface area contributed by atoms with Crippen molar-refractivity contribution in [3.8, 4) is 0 Å². The van der Waals surface area contributed by atoms with Crippen LogP contribution in [0.4, 0.5) is 0 Å². The summed E-state index contributed by atoms with van der Waals surface area (Å²) in [5, 5.41) is 4.03. The summed E-state index contributed by atoms with van der Waals surface area (Å²) in [6.07, 6.45) is 3.75. The van der Waals surface area contributed by atoms with E-state index in [2.05, 4.69) is 43.4 Å². The van der Waals surface area contributed by atoms with E-state index in [0.717, 1.165) is 18.4 Å². The van der Waals surface area contributed by atoms with Crippen LogP contribution >= 0.6 is 0 Å². The highest BCUT2D eigenvalue weighted by Gasteiger charge is 2.29. The molecule has 1 aliphatic carbocycles. The van der Waals surface area contributed by atoms with Gasteiger partial charge in [0.25, 0.3) is 0 Å². The van der Waals surface area contributed by atoms with Crippen molar-refractivity contribution in [2.24, 2.45) is 11.0 Å². The topological polar surface area (TPSA) is 41.5 Å². The van der Waals surface area contributed by atoms with Crippen molar-refractivity contribution < 1.29 is 4.79 Å². The fraction of sp³-hybridized carbons (Fsp3) is 0.429. The van der Waals surface area contributed by atoms with Crippen LogP contribution < -0.4 is 5.43 Å². The average molecular weight is 230 g/mol. The second kappa shape index (κ2) is 4.70. The maximum absolute atomic E-state index is 11.4.